The molecule has 0 aromatic heterocycles. The first-order valence-electron chi connectivity index (χ1n) is 15.0. The Bertz CT molecular complexity index is 1460. The van der Waals surface area contributed by atoms with Crippen molar-refractivity contribution in [3.63, 3.8) is 0 Å². The predicted octanol–water partition coefficient (Wildman–Crippen LogP) is 3.43. The highest BCUT2D eigenvalue weighted by Gasteiger charge is 2.44. The molecule has 2 amide bonds. The molecule has 5 unspecified atom stereocenters. The molecular weight excluding hydrogens is 600 g/mol. The summed E-state index contributed by atoms with van der Waals surface area (Å²) >= 11 is 0. The molecule has 4 rings (SSSR count). The highest BCUT2D eigenvalue weighted by Crippen LogP contribution is 2.33. The lowest BCUT2D eigenvalue weighted by Crippen LogP contribution is -2.52. The first kappa shape index (κ1) is 34.3. The molecule has 2 aromatic rings. The van der Waals surface area contributed by atoms with Crippen molar-refractivity contribution in [3.8, 4) is 6.07 Å². The minimum Gasteiger partial charge on any atom is -0.443 e. The molecule has 0 spiro atoms. The van der Waals surface area contributed by atoms with Gasteiger partial charge in [-0.05, 0) is 48.4 Å². The number of fused-ring (bicyclic) bond motifs is 1. The second kappa shape index (κ2) is 15.2. The van der Waals surface area contributed by atoms with Gasteiger partial charge < -0.3 is 30.0 Å². The largest absolute Gasteiger partial charge is 0.443 e. The summed E-state index contributed by atoms with van der Waals surface area (Å²) in [5.74, 6) is -0.422. The van der Waals surface area contributed by atoms with Crippen LogP contribution in [0.2, 0.25) is 0 Å². The molecule has 2 heterocycles. The molecule has 2 aromatic carbocycles. The van der Waals surface area contributed by atoms with E-state index in [9.17, 15) is 28.4 Å². The maximum absolute atomic E-state index is 14.1. The van der Waals surface area contributed by atoms with Gasteiger partial charge in [0.1, 0.15) is 6.10 Å². The van der Waals surface area contributed by atoms with E-state index in [2.05, 4.69) is 16.7 Å². The molecule has 2 aliphatic heterocycles. The number of nitriles is 1. The minimum atomic E-state index is -4.21. The number of hydrogen-bond donors (Lipinski definition) is 3. The second-order valence-electron chi connectivity index (χ2n) is 12.3. The standard InChI is InChI=1S/C32H42N4O8S/c1-22(37)34-24-11-7-12-25(18-24)45(40,41)36(21-32(2,3)14-8-15-33)19-28(38)27(17-23-9-5-4-6-10-23)35-31(39)44-29-20-43-30-26(29)13-16-42-30/h4-7,9-12,18,26-30,38H,8,13-14,16-17,19-21H2,1-3H3,(H,34,37)(H,35,39). The van der Waals surface area contributed by atoms with Crippen LogP contribution in [-0.4, -0.2) is 80.7 Å². The number of anilines is 1. The number of carbonyl (C=O) groups excluding carboxylic acids is 2. The number of sulfonamides is 1. The average Bonchev–Trinajstić information content (AvgIpc) is 3.61. The Balaban J connectivity index is 1.59. The third-order valence-corrected chi connectivity index (χ3v) is 9.82. The number of aliphatic hydroxyl groups is 1. The number of alkyl carbamates (subject to hydrolysis) is 1. The van der Waals surface area contributed by atoms with Gasteiger partial charge in [0.2, 0.25) is 15.9 Å². The number of amides is 2. The van der Waals surface area contributed by atoms with Crippen LogP contribution in [0.4, 0.5) is 10.5 Å². The summed E-state index contributed by atoms with van der Waals surface area (Å²) in [7, 11) is -4.21. The van der Waals surface area contributed by atoms with Gasteiger partial charge in [-0.1, -0.05) is 50.2 Å². The number of rotatable bonds is 14. The zero-order valence-electron chi connectivity index (χ0n) is 25.8. The number of nitrogens with one attached hydrogen (secondary N) is 2. The lowest BCUT2D eigenvalue weighted by atomic mass is 9.88. The van der Waals surface area contributed by atoms with Crippen LogP contribution in [0.15, 0.2) is 59.5 Å². The van der Waals surface area contributed by atoms with E-state index in [0.29, 0.717) is 25.1 Å². The van der Waals surface area contributed by atoms with Crippen LogP contribution < -0.4 is 10.6 Å². The van der Waals surface area contributed by atoms with E-state index >= 15 is 0 Å². The summed E-state index contributed by atoms with van der Waals surface area (Å²) in [4.78, 5) is 24.7. The molecule has 45 heavy (non-hydrogen) atoms. The highest BCUT2D eigenvalue weighted by molar-refractivity contribution is 7.89. The molecule has 0 radical (unpaired) electrons. The number of nitrogens with zero attached hydrogens (tertiary/aromatic N) is 2. The van der Waals surface area contributed by atoms with Crippen molar-refractivity contribution in [3.05, 3.63) is 60.2 Å². The molecule has 12 nitrogen and oxygen atoms in total. The molecule has 13 heteroatoms. The Kier molecular flexibility index (Phi) is 11.6. The van der Waals surface area contributed by atoms with E-state index in [1.807, 2.05) is 44.2 Å². The smallest absolute Gasteiger partial charge is 0.407 e. The van der Waals surface area contributed by atoms with Crippen molar-refractivity contribution in [1.29, 1.82) is 5.26 Å². The van der Waals surface area contributed by atoms with Crippen LogP contribution in [0.1, 0.15) is 45.6 Å². The molecule has 244 valence electrons. The van der Waals surface area contributed by atoms with Crippen molar-refractivity contribution in [2.45, 2.75) is 75.9 Å². The van der Waals surface area contributed by atoms with Gasteiger partial charge in [0, 0.05) is 32.1 Å². The molecule has 0 bridgehead atoms. The number of ether oxygens (including phenoxy) is 3. The van der Waals surface area contributed by atoms with Crippen LogP contribution in [0.25, 0.3) is 0 Å². The van der Waals surface area contributed by atoms with Crippen molar-refractivity contribution < 1.29 is 37.3 Å². The summed E-state index contributed by atoms with van der Waals surface area (Å²) in [6, 6.07) is 16.3. The molecule has 0 aliphatic carbocycles. The summed E-state index contributed by atoms with van der Waals surface area (Å²) in [6.45, 7) is 5.40. The lowest BCUT2D eigenvalue weighted by molar-refractivity contribution is -0.114. The van der Waals surface area contributed by atoms with Crippen LogP contribution in [0.5, 0.6) is 0 Å². The molecule has 0 saturated carbocycles. The van der Waals surface area contributed by atoms with Gasteiger partial charge in [-0.25, -0.2) is 13.2 Å². The molecule has 2 aliphatic rings. The van der Waals surface area contributed by atoms with E-state index in [1.165, 1.54) is 29.4 Å². The maximum atomic E-state index is 14.1. The first-order chi connectivity index (χ1) is 21.4. The van der Waals surface area contributed by atoms with E-state index in [-0.39, 0.29) is 49.3 Å². The fourth-order valence-corrected chi connectivity index (χ4v) is 7.34. The topological polar surface area (TPSA) is 167 Å². The van der Waals surface area contributed by atoms with Crippen LogP contribution in [0, 0.1) is 22.7 Å². The fourth-order valence-electron chi connectivity index (χ4n) is 5.64. The maximum Gasteiger partial charge on any atom is 0.407 e. The molecule has 2 fully saturated rings. The van der Waals surface area contributed by atoms with Gasteiger partial charge in [-0.2, -0.15) is 9.57 Å². The number of benzene rings is 2. The van der Waals surface area contributed by atoms with Crippen molar-refractivity contribution in [2.75, 3.05) is 31.6 Å². The summed E-state index contributed by atoms with van der Waals surface area (Å²) in [5, 5.41) is 26.2. The van der Waals surface area contributed by atoms with Crippen molar-refractivity contribution >= 4 is 27.7 Å². The monoisotopic (exact) mass is 642 g/mol. The SMILES string of the molecule is CC(=O)Nc1cccc(S(=O)(=O)N(CC(O)C(Cc2ccccc2)NC(=O)OC2COC3OCCC23)CC(C)(C)CCC#N)c1. The summed E-state index contributed by atoms with van der Waals surface area (Å²) in [5.41, 5.74) is 0.508. The quantitative estimate of drug-likeness (QED) is 0.280. The first-order valence-corrected chi connectivity index (χ1v) is 16.5. The lowest BCUT2D eigenvalue weighted by Gasteiger charge is -2.35. The Morgan fingerprint density at radius 1 is 1.18 bits per heavy atom. The Hall–Kier alpha value is -3.54. The summed E-state index contributed by atoms with van der Waals surface area (Å²) in [6.07, 6.45) is -1.44. The van der Waals surface area contributed by atoms with Crippen LogP contribution >= 0.6 is 0 Å². The Morgan fingerprint density at radius 2 is 1.93 bits per heavy atom. The number of carbonyl (C=O) groups is 2. The third-order valence-electron chi connectivity index (χ3n) is 8.01. The average molecular weight is 643 g/mol. The fraction of sp³-hybridized carbons (Fsp3) is 0.531. The van der Waals surface area contributed by atoms with Crippen molar-refractivity contribution in [1.82, 2.24) is 9.62 Å². The van der Waals surface area contributed by atoms with Crippen molar-refractivity contribution in [2.24, 2.45) is 11.3 Å². The summed E-state index contributed by atoms with van der Waals surface area (Å²) < 4.78 is 46.2. The molecule has 5 atom stereocenters. The van der Waals surface area contributed by atoms with Crippen LogP contribution in [-0.2, 0) is 35.4 Å². The minimum absolute atomic E-state index is 0.0105. The normalized spacial score (nSPS) is 21.0. The molecule has 2 saturated heterocycles. The van der Waals surface area contributed by atoms with Gasteiger partial charge >= 0.3 is 6.09 Å². The Morgan fingerprint density at radius 3 is 2.64 bits per heavy atom. The van der Waals surface area contributed by atoms with Gasteiger partial charge in [-0.3, -0.25) is 4.79 Å². The van der Waals surface area contributed by atoms with Gasteiger partial charge in [0.25, 0.3) is 0 Å². The predicted molar refractivity (Wildman–Crippen MR) is 165 cm³/mol. The van der Waals surface area contributed by atoms with E-state index in [0.717, 1.165) is 5.56 Å². The number of aliphatic hydroxyl groups excluding tert-OH is 1. The zero-order valence-corrected chi connectivity index (χ0v) is 26.7. The Labute approximate surface area is 264 Å². The molecule has 3 N–H and O–H groups in total. The molecular formula is C32H42N4O8S. The second-order valence-corrected chi connectivity index (χ2v) is 14.2. The van der Waals surface area contributed by atoms with E-state index < -0.39 is 46.1 Å². The highest BCUT2D eigenvalue weighted by atomic mass is 32.2. The van der Waals surface area contributed by atoms with Crippen LogP contribution in [0.3, 0.4) is 0 Å². The van der Waals surface area contributed by atoms with Gasteiger partial charge in [0.15, 0.2) is 6.29 Å². The third kappa shape index (κ3) is 9.48. The van der Waals surface area contributed by atoms with Gasteiger partial charge in [0.05, 0.1) is 42.2 Å². The van der Waals surface area contributed by atoms with Gasteiger partial charge in [-0.15, -0.1) is 0 Å². The zero-order chi connectivity index (χ0) is 32.6. The van der Waals surface area contributed by atoms with E-state index in [1.54, 1.807) is 6.07 Å². The van der Waals surface area contributed by atoms with E-state index in [4.69, 9.17) is 14.2 Å². The number of hydrogen-bond acceptors (Lipinski definition) is 9.